The molecule has 170 valence electrons. The summed E-state index contributed by atoms with van der Waals surface area (Å²) in [4.78, 5) is 27.3. The third-order valence-electron chi connectivity index (χ3n) is 4.85. The van der Waals surface area contributed by atoms with Gasteiger partial charge in [-0.2, -0.15) is 18.2 Å². The summed E-state index contributed by atoms with van der Waals surface area (Å²) in [7, 11) is 0. The van der Waals surface area contributed by atoms with Crippen LogP contribution in [0.3, 0.4) is 0 Å². The van der Waals surface area contributed by atoms with E-state index in [4.69, 9.17) is 11.6 Å². The van der Waals surface area contributed by atoms with E-state index in [1.807, 2.05) is 0 Å². The summed E-state index contributed by atoms with van der Waals surface area (Å²) in [6.45, 7) is 1.49. The second kappa shape index (κ2) is 8.20. The molecule has 13 heteroatoms. The first-order valence-electron chi connectivity index (χ1n) is 9.37. The van der Waals surface area contributed by atoms with Crippen molar-refractivity contribution in [1.29, 1.82) is 0 Å². The Balaban J connectivity index is 1.83. The lowest BCUT2D eigenvalue weighted by atomic mass is 9.94. The van der Waals surface area contributed by atoms with Crippen molar-refractivity contribution in [2.45, 2.75) is 19.1 Å². The molecule has 0 spiro atoms. The molecule has 9 nitrogen and oxygen atoms in total. The lowest BCUT2D eigenvalue weighted by Gasteiger charge is -2.28. The van der Waals surface area contributed by atoms with Crippen molar-refractivity contribution in [3.8, 4) is 0 Å². The van der Waals surface area contributed by atoms with E-state index in [2.05, 4.69) is 20.7 Å². The quantitative estimate of drug-likeness (QED) is 0.411. The van der Waals surface area contributed by atoms with Crippen molar-refractivity contribution in [3.05, 3.63) is 86.3 Å². The number of nitro groups is 1. The van der Waals surface area contributed by atoms with Crippen molar-refractivity contribution in [2.24, 2.45) is 0 Å². The van der Waals surface area contributed by atoms with Gasteiger partial charge in [0.25, 0.3) is 17.4 Å². The number of hydrogen-bond acceptors (Lipinski definition) is 6. The Morgan fingerprint density at radius 2 is 1.94 bits per heavy atom. The third-order valence-corrected chi connectivity index (χ3v) is 5.10. The molecular formula is C20H14ClF3N6O3. The Kier molecular flexibility index (Phi) is 5.54. The molecule has 1 atom stereocenters. The summed E-state index contributed by atoms with van der Waals surface area (Å²) in [5.41, 5.74) is 0.510. The van der Waals surface area contributed by atoms with Crippen LogP contribution in [0.5, 0.6) is 0 Å². The Bertz CT molecular complexity index is 1290. The van der Waals surface area contributed by atoms with E-state index in [1.54, 1.807) is 24.3 Å². The molecule has 0 saturated carbocycles. The molecule has 4 rings (SSSR count). The van der Waals surface area contributed by atoms with E-state index < -0.39 is 28.9 Å². The van der Waals surface area contributed by atoms with Gasteiger partial charge in [0.15, 0.2) is 0 Å². The molecule has 1 unspecified atom stereocenters. The highest BCUT2D eigenvalue weighted by molar-refractivity contribution is 6.30. The van der Waals surface area contributed by atoms with Gasteiger partial charge in [-0.3, -0.25) is 14.9 Å². The third kappa shape index (κ3) is 4.37. The monoisotopic (exact) mass is 478 g/mol. The van der Waals surface area contributed by atoms with Gasteiger partial charge in [0, 0.05) is 28.5 Å². The first kappa shape index (κ1) is 22.3. The lowest BCUT2D eigenvalue weighted by molar-refractivity contribution is -0.384. The Labute approximate surface area is 189 Å². The van der Waals surface area contributed by atoms with E-state index in [-0.39, 0.29) is 28.5 Å². The van der Waals surface area contributed by atoms with Crippen LogP contribution in [0.15, 0.2) is 59.8 Å². The van der Waals surface area contributed by atoms with Crippen molar-refractivity contribution in [1.82, 2.24) is 14.8 Å². The Morgan fingerprint density at radius 1 is 1.24 bits per heavy atom. The number of fused-ring (bicyclic) bond motifs is 1. The van der Waals surface area contributed by atoms with Gasteiger partial charge >= 0.3 is 6.18 Å². The van der Waals surface area contributed by atoms with Gasteiger partial charge in [-0.25, -0.2) is 4.68 Å². The van der Waals surface area contributed by atoms with Gasteiger partial charge in [-0.05, 0) is 36.8 Å². The normalized spacial score (nSPS) is 15.6. The maximum atomic E-state index is 13.3. The minimum absolute atomic E-state index is 0.0107. The standard InChI is InChI=1S/C20H14ClF3N6O3/c1-10-15(17(31)26-13-7-5-12(21)6-8-13)16(11-3-2-4-14(9-11)30(32)33)29-19(25-10)27-18(28-29)20(22,23)24/h2-9,16H,1H3,(H,26,31)(H,25,27,28). The first-order valence-corrected chi connectivity index (χ1v) is 9.75. The number of alkyl halides is 3. The highest BCUT2D eigenvalue weighted by atomic mass is 35.5. The number of hydrogen-bond donors (Lipinski definition) is 2. The number of allylic oxidation sites excluding steroid dienone is 1. The van der Waals surface area contributed by atoms with Gasteiger partial charge in [0.1, 0.15) is 6.04 Å². The molecule has 0 bridgehead atoms. The van der Waals surface area contributed by atoms with Crippen molar-refractivity contribution in [2.75, 3.05) is 10.6 Å². The number of nitro benzene ring substituents is 1. The Morgan fingerprint density at radius 3 is 2.58 bits per heavy atom. The van der Waals surface area contributed by atoms with Gasteiger partial charge in [-0.1, -0.05) is 23.7 Å². The van der Waals surface area contributed by atoms with E-state index in [0.717, 1.165) is 4.68 Å². The molecule has 2 N–H and O–H groups in total. The molecule has 3 aromatic rings. The predicted octanol–water partition coefficient (Wildman–Crippen LogP) is 4.79. The molecule has 1 aromatic heterocycles. The number of nitrogens with zero attached hydrogens (tertiary/aromatic N) is 4. The molecule has 0 aliphatic carbocycles. The zero-order valence-electron chi connectivity index (χ0n) is 16.7. The fourth-order valence-corrected chi connectivity index (χ4v) is 3.54. The molecular weight excluding hydrogens is 465 g/mol. The second-order valence-electron chi connectivity index (χ2n) is 7.08. The summed E-state index contributed by atoms with van der Waals surface area (Å²) in [5.74, 6) is -2.31. The number of amides is 1. The van der Waals surface area contributed by atoms with Crippen LogP contribution in [0.1, 0.15) is 24.4 Å². The van der Waals surface area contributed by atoms with E-state index in [9.17, 15) is 28.1 Å². The fraction of sp³-hybridized carbons (Fsp3) is 0.150. The number of non-ortho nitro benzene ring substituents is 1. The zero-order chi connectivity index (χ0) is 23.9. The van der Waals surface area contributed by atoms with Crippen LogP contribution in [-0.4, -0.2) is 25.6 Å². The summed E-state index contributed by atoms with van der Waals surface area (Å²) in [6, 6.07) is 10.3. The first-order chi connectivity index (χ1) is 15.5. The minimum atomic E-state index is -4.83. The second-order valence-corrected chi connectivity index (χ2v) is 7.52. The maximum absolute atomic E-state index is 13.3. The summed E-state index contributed by atoms with van der Waals surface area (Å²) in [6.07, 6.45) is -4.83. The number of nitrogens with one attached hydrogen (secondary N) is 2. The van der Waals surface area contributed by atoms with Crippen LogP contribution >= 0.6 is 11.6 Å². The molecule has 1 aliphatic rings. The number of halogens is 4. The summed E-state index contributed by atoms with van der Waals surface area (Å²) in [5, 5.41) is 20.6. The van der Waals surface area contributed by atoms with Crippen LogP contribution in [0.4, 0.5) is 30.5 Å². The molecule has 1 aliphatic heterocycles. The SMILES string of the molecule is CC1=C(C(=O)Nc2ccc(Cl)cc2)C(c2cccc([N+](=O)[O-])c2)n2nc(C(F)(F)F)nc2N1. The largest absolute Gasteiger partial charge is 0.453 e. The number of carbonyl (C=O) groups excluding carboxylic acids is 1. The van der Waals surface area contributed by atoms with Crippen LogP contribution in [0, 0.1) is 10.1 Å². The van der Waals surface area contributed by atoms with E-state index >= 15 is 0 Å². The van der Waals surface area contributed by atoms with Crippen molar-refractivity contribution >= 4 is 34.8 Å². The average molecular weight is 479 g/mol. The van der Waals surface area contributed by atoms with Crippen molar-refractivity contribution < 1.29 is 22.9 Å². The summed E-state index contributed by atoms with van der Waals surface area (Å²) >= 11 is 5.86. The Hall–Kier alpha value is -3.93. The maximum Gasteiger partial charge on any atom is 0.453 e. The van der Waals surface area contributed by atoms with Crippen LogP contribution < -0.4 is 10.6 Å². The molecule has 0 radical (unpaired) electrons. The smallest absolute Gasteiger partial charge is 0.328 e. The number of rotatable bonds is 4. The molecule has 2 aromatic carbocycles. The molecule has 0 fully saturated rings. The van der Waals surface area contributed by atoms with Gasteiger partial charge < -0.3 is 10.6 Å². The number of benzene rings is 2. The van der Waals surface area contributed by atoms with Crippen LogP contribution in [-0.2, 0) is 11.0 Å². The lowest BCUT2D eigenvalue weighted by Crippen LogP contribution is -2.31. The number of aromatic nitrogens is 3. The van der Waals surface area contributed by atoms with E-state index in [1.165, 1.54) is 31.2 Å². The van der Waals surface area contributed by atoms with E-state index in [0.29, 0.717) is 10.7 Å². The molecule has 2 heterocycles. The number of carbonyl (C=O) groups is 1. The van der Waals surface area contributed by atoms with Crippen molar-refractivity contribution in [3.63, 3.8) is 0 Å². The summed E-state index contributed by atoms with van der Waals surface area (Å²) < 4.78 is 40.8. The van der Waals surface area contributed by atoms with Gasteiger partial charge in [0.2, 0.25) is 5.95 Å². The highest BCUT2D eigenvalue weighted by Gasteiger charge is 2.41. The predicted molar refractivity (Wildman–Crippen MR) is 113 cm³/mol. The van der Waals surface area contributed by atoms with Gasteiger partial charge in [-0.15, -0.1) is 5.10 Å². The average Bonchev–Trinajstić information content (AvgIpc) is 3.18. The molecule has 1 amide bonds. The topological polar surface area (TPSA) is 115 Å². The van der Waals surface area contributed by atoms with Gasteiger partial charge in [0.05, 0.1) is 10.5 Å². The fourth-order valence-electron chi connectivity index (χ4n) is 3.41. The van der Waals surface area contributed by atoms with Crippen LogP contribution in [0.2, 0.25) is 5.02 Å². The molecule has 33 heavy (non-hydrogen) atoms. The van der Waals surface area contributed by atoms with Crippen LogP contribution in [0.25, 0.3) is 0 Å². The number of anilines is 2. The zero-order valence-corrected chi connectivity index (χ0v) is 17.5. The molecule has 0 saturated heterocycles. The minimum Gasteiger partial charge on any atom is -0.328 e. The highest BCUT2D eigenvalue weighted by Crippen LogP contribution is 2.38.